The molecule has 0 saturated heterocycles. The second-order valence-corrected chi connectivity index (χ2v) is 5.14. The molecule has 108 valence electrons. The third-order valence-corrected chi connectivity index (χ3v) is 3.36. The van der Waals surface area contributed by atoms with Crippen LogP contribution in [0.15, 0.2) is 18.2 Å². The van der Waals surface area contributed by atoms with Crippen LogP contribution in [0, 0.1) is 0 Å². The standard InChI is InChI=1S/C13H12F3NO3/c1-12(2)8-5-7(13(14,15)16)3-4-9(8)17(11(12)20)6-10(18)19/h3-5H,6H2,1-2H3,(H,18,19). The monoisotopic (exact) mass is 287 g/mol. The molecule has 7 heteroatoms. The molecule has 0 radical (unpaired) electrons. The van der Waals surface area contributed by atoms with Gasteiger partial charge in [0.2, 0.25) is 5.91 Å². The fourth-order valence-electron chi connectivity index (χ4n) is 2.30. The molecule has 1 amide bonds. The molecule has 1 aliphatic heterocycles. The van der Waals surface area contributed by atoms with Gasteiger partial charge in [-0.25, -0.2) is 0 Å². The molecule has 0 aliphatic carbocycles. The number of carboxylic acid groups (broad SMARTS) is 1. The van der Waals surface area contributed by atoms with Crippen molar-refractivity contribution >= 4 is 17.6 Å². The van der Waals surface area contributed by atoms with Gasteiger partial charge in [0.25, 0.3) is 0 Å². The zero-order valence-electron chi connectivity index (χ0n) is 10.8. The van der Waals surface area contributed by atoms with Gasteiger partial charge in [-0.05, 0) is 37.6 Å². The first-order chi connectivity index (χ1) is 9.05. The van der Waals surface area contributed by atoms with Gasteiger partial charge in [-0.3, -0.25) is 9.59 Å². The first-order valence-corrected chi connectivity index (χ1v) is 5.80. The van der Waals surface area contributed by atoms with Crippen molar-refractivity contribution in [3.63, 3.8) is 0 Å². The predicted octanol–water partition coefficient (Wildman–Crippen LogP) is 2.41. The number of alkyl halides is 3. The molecule has 0 spiro atoms. The summed E-state index contributed by atoms with van der Waals surface area (Å²) >= 11 is 0. The molecule has 0 bridgehead atoms. The first kappa shape index (κ1) is 14.4. The van der Waals surface area contributed by atoms with Gasteiger partial charge in [0.15, 0.2) is 0 Å². The highest BCUT2D eigenvalue weighted by Crippen LogP contribution is 2.44. The lowest BCUT2D eigenvalue weighted by molar-refractivity contribution is -0.138. The lowest BCUT2D eigenvalue weighted by Crippen LogP contribution is -2.39. The second-order valence-electron chi connectivity index (χ2n) is 5.14. The minimum Gasteiger partial charge on any atom is -0.480 e. The molecule has 0 unspecified atom stereocenters. The van der Waals surface area contributed by atoms with Crippen LogP contribution >= 0.6 is 0 Å². The molecule has 0 aromatic heterocycles. The van der Waals surface area contributed by atoms with Crippen molar-refractivity contribution in [3.05, 3.63) is 29.3 Å². The summed E-state index contributed by atoms with van der Waals surface area (Å²) in [6.45, 7) is 2.40. The summed E-state index contributed by atoms with van der Waals surface area (Å²) < 4.78 is 38.2. The molecule has 1 heterocycles. The largest absolute Gasteiger partial charge is 0.480 e. The van der Waals surface area contributed by atoms with E-state index in [1.165, 1.54) is 13.8 Å². The summed E-state index contributed by atoms with van der Waals surface area (Å²) in [4.78, 5) is 23.9. The number of aliphatic carboxylic acids is 1. The fourth-order valence-corrected chi connectivity index (χ4v) is 2.30. The Labute approximate surface area is 112 Å². The Morgan fingerprint density at radius 3 is 2.45 bits per heavy atom. The lowest BCUT2D eigenvalue weighted by Gasteiger charge is -2.18. The Bertz CT molecular complexity index is 593. The third-order valence-electron chi connectivity index (χ3n) is 3.36. The highest BCUT2D eigenvalue weighted by Gasteiger charge is 2.45. The van der Waals surface area contributed by atoms with E-state index in [0.717, 1.165) is 23.1 Å². The van der Waals surface area contributed by atoms with Crippen molar-refractivity contribution in [1.82, 2.24) is 0 Å². The van der Waals surface area contributed by atoms with Gasteiger partial charge in [-0.1, -0.05) is 0 Å². The third kappa shape index (κ3) is 2.13. The van der Waals surface area contributed by atoms with Crippen molar-refractivity contribution in [3.8, 4) is 0 Å². The van der Waals surface area contributed by atoms with Crippen LogP contribution in [-0.2, 0) is 21.2 Å². The number of benzene rings is 1. The van der Waals surface area contributed by atoms with Crippen molar-refractivity contribution in [2.24, 2.45) is 0 Å². The number of carbonyl (C=O) groups excluding carboxylic acids is 1. The SMILES string of the molecule is CC1(C)C(=O)N(CC(=O)O)c2ccc(C(F)(F)F)cc21. The zero-order chi connectivity index (χ0) is 15.3. The molecule has 1 aromatic rings. The number of carbonyl (C=O) groups is 2. The van der Waals surface area contributed by atoms with Gasteiger partial charge in [0.1, 0.15) is 6.54 Å². The van der Waals surface area contributed by atoms with E-state index in [1.807, 2.05) is 0 Å². The van der Waals surface area contributed by atoms with E-state index in [-0.39, 0.29) is 11.3 Å². The number of halogens is 3. The summed E-state index contributed by atoms with van der Waals surface area (Å²) in [6.07, 6.45) is -4.51. The molecule has 1 aliphatic rings. The average Bonchev–Trinajstić information content (AvgIpc) is 2.49. The van der Waals surface area contributed by atoms with E-state index in [9.17, 15) is 22.8 Å². The molecular weight excluding hydrogens is 275 g/mol. The Morgan fingerprint density at radius 1 is 1.35 bits per heavy atom. The molecule has 4 nitrogen and oxygen atoms in total. The topological polar surface area (TPSA) is 57.6 Å². The quantitative estimate of drug-likeness (QED) is 0.908. The zero-order valence-corrected chi connectivity index (χ0v) is 10.8. The molecule has 20 heavy (non-hydrogen) atoms. The van der Waals surface area contributed by atoms with Gasteiger partial charge in [-0.15, -0.1) is 0 Å². The summed E-state index contributed by atoms with van der Waals surface area (Å²) in [5.41, 5.74) is -1.62. The number of hydrogen-bond donors (Lipinski definition) is 1. The fraction of sp³-hybridized carbons (Fsp3) is 0.385. The van der Waals surface area contributed by atoms with E-state index in [2.05, 4.69) is 0 Å². The maximum Gasteiger partial charge on any atom is 0.416 e. The summed E-state index contributed by atoms with van der Waals surface area (Å²) in [6, 6.07) is 2.91. The highest BCUT2D eigenvalue weighted by molar-refractivity contribution is 6.09. The number of hydrogen-bond acceptors (Lipinski definition) is 2. The summed E-state index contributed by atoms with van der Waals surface area (Å²) in [7, 11) is 0. The minimum absolute atomic E-state index is 0.193. The molecule has 1 aromatic carbocycles. The minimum atomic E-state index is -4.51. The maximum atomic E-state index is 12.7. The number of carboxylic acids is 1. The number of fused-ring (bicyclic) bond motifs is 1. The van der Waals surface area contributed by atoms with Crippen LogP contribution in [0.1, 0.15) is 25.0 Å². The van der Waals surface area contributed by atoms with Gasteiger partial charge in [0.05, 0.1) is 11.0 Å². The first-order valence-electron chi connectivity index (χ1n) is 5.80. The van der Waals surface area contributed by atoms with Crippen LogP contribution in [0.3, 0.4) is 0 Å². The lowest BCUT2D eigenvalue weighted by atomic mass is 9.85. The number of nitrogens with zero attached hydrogens (tertiary/aromatic N) is 1. The molecule has 1 N–H and O–H groups in total. The number of anilines is 1. The van der Waals surface area contributed by atoms with Gasteiger partial charge >= 0.3 is 12.1 Å². The van der Waals surface area contributed by atoms with Crippen LogP contribution in [0.5, 0.6) is 0 Å². The van der Waals surface area contributed by atoms with Crippen molar-refractivity contribution < 1.29 is 27.9 Å². The van der Waals surface area contributed by atoms with Crippen molar-refractivity contribution in [2.75, 3.05) is 11.4 Å². The van der Waals surface area contributed by atoms with Crippen LogP contribution < -0.4 is 4.90 Å². The summed E-state index contributed by atoms with van der Waals surface area (Å²) in [5, 5.41) is 8.80. The Kier molecular flexibility index (Phi) is 3.03. The molecule has 0 fully saturated rings. The van der Waals surface area contributed by atoms with Crippen molar-refractivity contribution in [2.45, 2.75) is 25.4 Å². The summed E-state index contributed by atoms with van der Waals surface area (Å²) in [5.74, 6) is -1.74. The molecule has 2 rings (SSSR count). The Balaban J connectivity index is 2.57. The van der Waals surface area contributed by atoms with Gasteiger partial charge in [0, 0.05) is 5.69 Å². The van der Waals surface area contributed by atoms with E-state index < -0.39 is 35.6 Å². The Hall–Kier alpha value is -2.05. The smallest absolute Gasteiger partial charge is 0.416 e. The number of rotatable bonds is 2. The molecule has 0 saturated carbocycles. The van der Waals surface area contributed by atoms with Crippen molar-refractivity contribution in [1.29, 1.82) is 0 Å². The van der Waals surface area contributed by atoms with E-state index in [1.54, 1.807) is 0 Å². The van der Waals surface area contributed by atoms with Crippen LogP contribution in [0.2, 0.25) is 0 Å². The van der Waals surface area contributed by atoms with E-state index in [4.69, 9.17) is 5.11 Å². The predicted molar refractivity (Wildman–Crippen MR) is 64.5 cm³/mol. The van der Waals surface area contributed by atoms with E-state index >= 15 is 0 Å². The Morgan fingerprint density at radius 2 is 1.95 bits per heavy atom. The molecule has 0 atom stereocenters. The maximum absolute atomic E-state index is 12.7. The van der Waals surface area contributed by atoms with Crippen LogP contribution in [0.4, 0.5) is 18.9 Å². The normalized spacial score (nSPS) is 17.2. The average molecular weight is 287 g/mol. The van der Waals surface area contributed by atoms with Gasteiger partial charge in [-0.2, -0.15) is 13.2 Å². The van der Waals surface area contributed by atoms with E-state index in [0.29, 0.717) is 0 Å². The molecular formula is C13H12F3NO3. The van der Waals surface area contributed by atoms with Crippen LogP contribution in [0.25, 0.3) is 0 Å². The van der Waals surface area contributed by atoms with Gasteiger partial charge < -0.3 is 10.0 Å². The van der Waals surface area contributed by atoms with Crippen LogP contribution in [-0.4, -0.2) is 23.5 Å². The second kappa shape index (κ2) is 4.22. The number of amides is 1. The highest BCUT2D eigenvalue weighted by atomic mass is 19.4.